The van der Waals surface area contributed by atoms with E-state index in [1.54, 1.807) is 6.07 Å². The molecule has 2 aromatic carbocycles. The van der Waals surface area contributed by atoms with Gasteiger partial charge in [-0.15, -0.1) is 0 Å². The maximum absolute atomic E-state index is 8.95. The molecule has 0 unspecified atom stereocenters. The molecule has 0 spiro atoms. The number of hydrogen-bond acceptors (Lipinski definition) is 4. The zero-order valence-electron chi connectivity index (χ0n) is 10.5. The highest BCUT2D eigenvalue weighted by atomic mass is 79.9. The van der Waals surface area contributed by atoms with Crippen molar-refractivity contribution in [2.24, 2.45) is 0 Å². The molecule has 0 bridgehead atoms. The van der Waals surface area contributed by atoms with Crippen molar-refractivity contribution in [2.45, 2.75) is 6.54 Å². The number of ether oxygens (including phenoxy) is 2. The third kappa shape index (κ3) is 2.70. The average Bonchev–Trinajstić information content (AvgIpc) is 2.92. The molecule has 5 heteroatoms. The molecule has 0 saturated heterocycles. The molecule has 0 radical (unpaired) electrons. The molecule has 100 valence electrons. The number of anilines is 1. The lowest BCUT2D eigenvalue weighted by atomic mass is 10.2. The highest BCUT2D eigenvalue weighted by Crippen LogP contribution is 2.32. The molecule has 20 heavy (non-hydrogen) atoms. The van der Waals surface area contributed by atoms with Crippen LogP contribution in [-0.2, 0) is 6.54 Å². The summed E-state index contributed by atoms with van der Waals surface area (Å²) in [6, 6.07) is 13.5. The van der Waals surface area contributed by atoms with E-state index in [4.69, 9.17) is 14.7 Å². The van der Waals surface area contributed by atoms with Crippen LogP contribution in [-0.4, -0.2) is 6.79 Å². The van der Waals surface area contributed by atoms with Crippen LogP contribution >= 0.6 is 15.9 Å². The van der Waals surface area contributed by atoms with Gasteiger partial charge in [0.25, 0.3) is 0 Å². The van der Waals surface area contributed by atoms with Gasteiger partial charge in [-0.05, 0) is 35.9 Å². The lowest BCUT2D eigenvalue weighted by Gasteiger charge is -2.08. The van der Waals surface area contributed by atoms with E-state index >= 15 is 0 Å². The number of rotatable bonds is 3. The third-order valence-corrected chi connectivity index (χ3v) is 3.42. The first-order valence-corrected chi connectivity index (χ1v) is 6.87. The van der Waals surface area contributed by atoms with Crippen molar-refractivity contribution in [1.29, 1.82) is 5.26 Å². The summed E-state index contributed by atoms with van der Waals surface area (Å²) < 4.78 is 11.5. The maximum atomic E-state index is 8.95. The summed E-state index contributed by atoms with van der Waals surface area (Å²) in [7, 11) is 0. The lowest BCUT2D eigenvalue weighted by Crippen LogP contribution is -1.99. The van der Waals surface area contributed by atoms with Crippen molar-refractivity contribution in [3.8, 4) is 17.6 Å². The van der Waals surface area contributed by atoms with Gasteiger partial charge in [-0.3, -0.25) is 0 Å². The Morgan fingerprint density at radius 2 is 2.00 bits per heavy atom. The lowest BCUT2D eigenvalue weighted by molar-refractivity contribution is 0.174. The van der Waals surface area contributed by atoms with Crippen molar-refractivity contribution in [3.63, 3.8) is 0 Å². The van der Waals surface area contributed by atoms with Gasteiger partial charge in [-0.25, -0.2) is 0 Å². The monoisotopic (exact) mass is 330 g/mol. The number of nitrogens with zero attached hydrogens (tertiary/aromatic N) is 1. The Bertz CT molecular complexity index is 695. The molecule has 0 aliphatic carbocycles. The molecular formula is C15H11BrN2O2. The van der Waals surface area contributed by atoms with Gasteiger partial charge in [-0.1, -0.05) is 22.0 Å². The summed E-state index contributed by atoms with van der Waals surface area (Å²) in [5, 5.41) is 12.2. The average molecular weight is 331 g/mol. The van der Waals surface area contributed by atoms with Crippen LogP contribution in [0.3, 0.4) is 0 Å². The summed E-state index contributed by atoms with van der Waals surface area (Å²) in [4.78, 5) is 0. The minimum absolute atomic E-state index is 0.281. The number of nitriles is 1. The second-order valence-electron chi connectivity index (χ2n) is 4.38. The van der Waals surface area contributed by atoms with E-state index in [1.807, 2.05) is 30.3 Å². The van der Waals surface area contributed by atoms with Crippen LogP contribution in [0.2, 0.25) is 0 Å². The van der Waals surface area contributed by atoms with Gasteiger partial charge in [0, 0.05) is 16.7 Å². The number of halogens is 1. The van der Waals surface area contributed by atoms with Gasteiger partial charge in [0.15, 0.2) is 11.5 Å². The van der Waals surface area contributed by atoms with E-state index in [-0.39, 0.29) is 6.79 Å². The molecule has 0 amide bonds. The summed E-state index contributed by atoms with van der Waals surface area (Å²) in [5.41, 5.74) is 2.61. The van der Waals surface area contributed by atoms with Crippen LogP contribution in [0.1, 0.15) is 11.1 Å². The van der Waals surface area contributed by atoms with Gasteiger partial charge in [-0.2, -0.15) is 5.26 Å². The predicted octanol–water partition coefficient (Wildman–Crippen LogP) is 3.66. The minimum Gasteiger partial charge on any atom is -0.454 e. The molecular weight excluding hydrogens is 320 g/mol. The predicted molar refractivity (Wildman–Crippen MR) is 78.7 cm³/mol. The van der Waals surface area contributed by atoms with Crippen LogP contribution in [0.15, 0.2) is 40.9 Å². The SMILES string of the molecule is N#Cc1cc(Br)cc(NCc2ccc3c(c2)OCO3)c1. The standard InChI is InChI=1S/C15H11BrN2O2/c16-12-3-11(7-17)4-13(6-12)18-8-10-1-2-14-15(5-10)20-9-19-14/h1-6,18H,8-9H2. The van der Waals surface area contributed by atoms with E-state index in [0.29, 0.717) is 12.1 Å². The molecule has 0 aromatic heterocycles. The van der Waals surface area contributed by atoms with Crippen LogP contribution < -0.4 is 14.8 Å². The van der Waals surface area contributed by atoms with E-state index in [0.717, 1.165) is 27.2 Å². The zero-order chi connectivity index (χ0) is 13.9. The Kier molecular flexibility index (Phi) is 3.48. The fraction of sp³-hybridized carbons (Fsp3) is 0.133. The summed E-state index contributed by atoms with van der Waals surface area (Å²) in [6.45, 7) is 0.932. The summed E-state index contributed by atoms with van der Waals surface area (Å²) in [6.07, 6.45) is 0. The van der Waals surface area contributed by atoms with E-state index in [1.165, 1.54) is 0 Å². The van der Waals surface area contributed by atoms with Crippen LogP contribution in [0.4, 0.5) is 5.69 Å². The van der Waals surface area contributed by atoms with Crippen LogP contribution in [0.25, 0.3) is 0 Å². The Labute approximate surface area is 125 Å². The maximum Gasteiger partial charge on any atom is 0.231 e. The van der Waals surface area contributed by atoms with E-state index in [2.05, 4.69) is 27.3 Å². The van der Waals surface area contributed by atoms with Gasteiger partial charge < -0.3 is 14.8 Å². The molecule has 0 fully saturated rings. The third-order valence-electron chi connectivity index (χ3n) is 2.96. The van der Waals surface area contributed by atoms with Crippen LogP contribution in [0, 0.1) is 11.3 Å². The molecule has 1 aliphatic heterocycles. The van der Waals surface area contributed by atoms with E-state index < -0.39 is 0 Å². The molecule has 4 nitrogen and oxygen atoms in total. The van der Waals surface area contributed by atoms with Gasteiger partial charge in [0.05, 0.1) is 11.6 Å². The van der Waals surface area contributed by atoms with Crippen molar-refractivity contribution >= 4 is 21.6 Å². The highest BCUT2D eigenvalue weighted by Gasteiger charge is 2.12. The molecule has 2 aromatic rings. The Balaban J connectivity index is 1.73. The first-order chi connectivity index (χ1) is 9.74. The Morgan fingerprint density at radius 1 is 1.15 bits per heavy atom. The molecule has 1 heterocycles. The van der Waals surface area contributed by atoms with Gasteiger partial charge in [0.1, 0.15) is 0 Å². The number of fused-ring (bicyclic) bond motifs is 1. The fourth-order valence-corrected chi connectivity index (χ4v) is 2.50. The molecule has 3 rings (SSSR count). The van der Waals surface area contributed by atoms with Crippen molar-refractivity contribution in [2.75, 3.05) is 12.1 Å². The molecule has 1 aliphatic rings. The number of benzene rings is 2. The molecule has 0 atom stereocenters. The minimum atomic E-state index is 0.281. The molecule has 0 saturated carbocycles. The molecule has 1 N–H and O–H groups in total. The smallest absolute Gasteiger partial charge is 0.231 e. The second-order valence-corrected chi connectivity index (χ2v) is 5.30. The zero-order valence-corrected chi connectivity index (χ0v) is 12.1. The highest BCUT2D eigenvalue weighted by molar-refractivity contribution is 9.10. The van der Waals surface area contributed by atoms with Crippen molar-refractivity contribution in [1.82, 2.24) is 0 Å². The Hall–Kier alpha value is -2.19. The number of hydrogen-bond donors (Lipinski definition) is 1. The fourth-order valence-electron chi connectivity index (χ4n) is 2.01. The summed E-state index contributed by atoms with van der Waals surface area (Å²) >= 11 is 3.39. The van der Waals surface area contributed by atoms with Crippen molar-refractivity contribution < 1.29 is 9.47 Å². The van der Waals surface area contributed by atoms with Gasteiger partial charge in [0.2, 0.25) is 6.79 Å². The second kappa shape index (κ2) is 5.43. The number of nitrogens with one attached hydrogen (secondary N) is 1. The van der Waals surface area contributed by atoms with E-state index in [9.17, 15) is 0 Å². The van der Waals surface area contributed by atoms with Crippen LogP contribution in [0.5, 0.6) is 11.5 Å². The first kappa shape index (κ1) is 12.8. The topological polar surface area (TPSA) is 54.3 Å². The first-order valence-electron chi connectivity index (χ1n) is 6.08. The largest absolute Gasteiger partial charge is 0.454 e. The van der Waals surface area contributed by atoms with Crippen molar-refractivity contribution in [3.05, 3.63) is 52.0 Å². The Morgan fingerprint density at radius 3 is 2.85 bits per heavy atom. The quantitative estimate of drug-likeness (QED) is 0.933. The normalized spacial score (nSPS) is 12.0. The summed E-state index contributed by atoms with van der Waals surface area (Å²) in [5.74, 6) is 1.55. The van der Waals surface area contributed by atoms with Gasteiger partial charge >= 0.3 is 0 Å².